The van der Waals surface area contributed by atoms with E-state index in [-0.39, 0.29) is 0 Å². The normalized spacial score (nSPS) is 12.3. The maximum Gasteiger partial charge on any atom is 0.160 e. The minimum absolute atomic E-state index is 0.606. The first-order valence-electron chi connectivity index (χ1n) is 19.6. The summed E-state index contributed by atoms with van der Waals surface area (Å²) in [6, 6.07) is 61.1. The van der Waals surface area contributed by atoms with Gasteiger partial charge in [0.2, 0.25) is 0 Å². The number of furan rings is 1. The number of aryl methyl sites for hydroxylation is 1. The molecule has 0 saturated carbocycles. The molecule has 272 valence electrons. The molecule has 5 heteroatoms. The van der Waals surface area contributed by atoms with Gasteiger partial charge in [0, 0.05) is 49.7 Å². The average molecular weight is 743 g/mol. The molecule has 10 aromatic rings. The smallest absolute Gasteiger partial charge is 0.160 e. The lowest BCUT2D eigenvalue weighted by Crippen LogP contribution is -1.99. The topological polar surface area (TPSA) is 67.6 Å². The standard InChI is InChI=1S/C53H34N4O/c54-33-34-13-11-18-37(27-34)39-28-40(48-32-47(35-14-3-1-4-15-35)55-53(56-48)36-16-5-2-6-17-36)30-41(29-39)57-49-23-9-7-19-43(49)44-26-25-38(31-50(44)57)42-21-12-22-46-45-20-8-10-24-51(45)58-52(42)46/h1-7,9-19,21-32H,8,20H2. The van der Waals surface area contributed by atoms with Gasteiger partial charge in [0.25, 0.3) is 0 Å². The van der Waals surface area contributed by atoms with Crippen molar-refractivity contribution in [2.24, 2.45) is 0 Å². The highest BCUT2D eigenvalue weighted by Gasteiger charge is 2.21. The molecular formula is C53H34N4O. The molecule has 0 bridgehead atoms. The third-order valence-corrected chi connectivity index (χ3v) is 11.3. The SMILES string of the molecule is N#Cc1cccc(-c2cc(-c3cc(-c4ccccc4)nc(-c4ccccc4)n3)cc(-n3c4ccccc4c4ccc(-c5cccc6c7c(oc56)C=CCC7)cc43)c2)c1. The molecule has 0 radical (unpaired) electrons. The van der Waals surface area contributed by atoms with Gasteiger partial charge in [-0.1, -0.05) is 127 Å². The monoisotopic (exact) mass is 742 g/mol. The maximum atomic E-state index is 9.91. The van der Waals surface area contributed by atoms with Gasteiger partial charge < -0.3 is 8.98 Å². The fourth-order valence-electron chi connectivity index (χ4n) is 8.53. The Hall–Kier alpha value is -7.81. The van der Waals surface area contributed by atoms with Crippen LogP contribution in [-0.4, -0.2) is 14.5 Å². The quantitative estimate of drug-likeness (QED) is 0.170. The van der Waals surface area contributed by atoms with Gasteiger partial charge in [0.1, 0.15) is 11.3 Å². The number of hydrogen-bond donors (Lipinski definition) is 0. The molecule has 3 aromatic heterocycles. The Morgan fingerprint density at radius 3 is 2.09 bits per heavy atom. The van der Waals surface area contributed by atoms with Crippen LogP contribution in [0.1, 0.15) is 23.3 Å². The molecule has 3 heterocycles. The molecule has 0 unspecified atom stereocenters. The maximum absolute atomic E-state index is 9.91. The van der Waals surface area contributed by atoms with Gasteiger partial charge in [0.05, 0.1) is 34.1 Å². The zero-order valence-electron chi connectivity index (χ0n) is 31.4. The van der Waals surface area contributed by atoms with Crippen molar-refractivity contribution >= 4 is 38.9 Å². The summed E-state index contributed by atoms with van der Waals surface area (Å²) in [6.45, 7) is 0. The molecule has 0 saturated heterocycles. The first-order valence-corrected chi connectivity index (χ1v) is 19.6. The number of rotatable bonds is 6. The number of aromatic nitrogens is 3. The molecular weight excluding hydrogens is 709 g/mol. The van der Waals surface area contributed by atoms with E-state index in [1.807, 2.05) is 66.7 Å². The van der Waals surface area contributed by atoms with Gasteiger partial charge >= 0.3 is 0 Å². The number of benzene rings is 7. The predicted octanol–water partition coefficient (Wildman–Crippen LogP) is 13.5. The largest absolute Gasteiger partial charge is 0.456 e. The molecule has 0 aliphatic heterocycles. The van der Waals surface area contributed by atoms with Gasteiger partial charge in [-0.05, 0) is 84.1 Å². The Labute approximate surface area is 335 Å². The van der Waals surface area contributed by atoms with Crippen molar-refractivity contribution in [3.05, 3.63) is 193 Å². The zero-order valence-corrected chi connectivity index (χ0v) is 31.4. The van der Waals surface area contributed by atoms with Gasteiger partial charge in [-0.2, -0.15) is 5.26 Å². The summed E-state index contributed by atoms with van der Waals surface area (Å²) >= 11 is 0. The second-order valence-electron chi connectivity index (χ2n) is 14.8. The molecule has 1 aliphatic carbocycles. The third kappa shape index (κ3) is 5.70. The molecule has 5 nitrogen and oxygen atoms in total. The third-order valence-electron chi connectivity index (χ3n) is 11.3. The van der Waals surface area contributed by atoms with Crippen LogP contribution in [0.15, 0.2) is 180 Å². The second kappa shape index (κ2) is 13.7. The van der Waals surface area contributed by atoms with E-state index in [2.05, 4.69) is 126 Å². The molecule has 11 rings (SSSR count). The van der Waals surface area contributed by atoms with E-state index >= 15 is 0 Å². The molecule has 0 spiro atoms. The number of nitrogens with zero attached hydrogens (tertiary/aromatic N) is 4. The lowest BCUT2D eigenvalue weighted by molar-refractivity contribution is 0.596. The minimum atomic E-state index is 0.606. The van der Waals surface area contributed by atoms with Gasteiger partial charge in [-0.3, -0.25) is 0 Å². The lowest BCUT2D eigenvalue weighted by atomic mass is 9.97. The van der Waals surface area contributed by atoms with Crippen LogP contribution >= 0.6 is 0 Å². The Kier molecular flexibility index (Phi) is 7.94. The average Bonchev–Trinajstić information content (AvgIpc) is 3.85. The highest BCUT2D eigenvalue weighted by molar-refractivity contribution is 6.11. The second-order valence-corrected chi connectivity index (χ2v) is 14.8. The van der Waals surface area contributed by atoms with E-state index in [0.29, 0.717) is 11.4 Å². The summed E-state index contributed by atoms with van der Waals surface area (Å²) in [4.78, 5) is 10.3. The van der Waals surface area contributed by atoms with Crippen LogP contribution in [0.4, 0.5) is 0 Å². The molecule has 7 aromatic carbocycles. The van der Waals surface area contributed by atoms with Crippen molar-refractivity contribution in [2.75, 3.05) is 0 Å². The van der Waals surface area contributed by atoms with E-state index in [1.54, 1.807) is 0 Å². The van der Waals surface area contributed by atoms with Crippen molar-refractivity contribution in [2.45, 2.75) is 12.8 Å². The molecule has 0 N–H and O–H groups in total. The van der Waals surface area contributed by atoms with Gasteiger partial charge in [-0.15, -0.1) is 0 Å². The van der Waals surface area contributed by atoms with Crippen molar-refractivity contribution in [1.82, 2.24) is 14.5 Å². The van der Waals surface area contributed by atoms with Crippen molar-refractivity contribution in [3.63, 3.8) is 0 Å². The van der Waals surface area contributed by atoms with Crippen molar-refractivity contribution in [3.8, 4) is 67.9 Å². The Morgan fingerprint density at radius 2 is 1.24 bits per heavy atom. The van der Waals surface area contributed by atoms with Crippen LogP contribution in [0.5, 0.6) is 0 Å². The van der Waals surface area contributed by atoms with E-state index in [0.717, 1.165) is 96.6 Å². The van der Waals surface area contributed by atoms with E-state index < -0.39 is 0 Å². The summed E-state index contributed by atoms with van der Waals surface area (Å²) in [5.74, 6) is 1.62. The summed E-state index contributed by atoms with van der Waals surface area (Å²) in [5.41, 5.74) is 14.6. The summed E-state index contributed by atoms with van der Waals surface area (Å²) < 4.78 is 8.93. The Morgan fingerprint density at radius 1 is 0.534 bits per heavy atom. The molecule has 58 heavy (non-hydrogen) atoms. The van der Waals surface area contributed by atoms with Crippen molar-refractivity contribution < 1.29 is 4.42 Å². The van der Waals surface area contributed by atoms with Crippen molar-refractivity contribution in [1.29, 1.82) is 5.26 Å². The molecule has 1 aliphatic rings. The Bertz CT molecular complexity index is 3240. The summed E-state index contributed by atoms with van der Waals surface area (Å²) in [7, 11) is 0. The summed E-state index contributed by atoms with van der Waals surface area (Å²) in [5, 5.41) is 13.4. The fraction of sp³-hybridized carbons (Fsp3) is 0.0377. The fourth-order valence-corrected chi connectivity index (χ4v) is 8.53. The lowest BCUT2D eigenvalue weighted by Gasteiger charge is -2.15. The number of hydrogen-bond acceptors (Lipinski definition) is 4. The van der Waals surface area contributed by atoms with Crippen LogP contribution in [0.3, 0.4) is 0 Å². The number of fused-ring (bicyclic) bond motifs is 6. The van der Waals surface area contributed by atoms with Gasteiger partial charge in [-0.25, -0.2) is 9.97 Å². The number of para-hydroxylation sites is 2. The first kappa shape index (κ1) is 33.5. The molecule has 0 amide bonds. The van der Waals surface area contributed by atoms with E-state index in [9.17, 15) is 5.26 Å². The van der Waals surface area contributed by atoms with Crippen LogP contribution < -0.4 is 0 Å². The van der Waals surface area contributed by atoms with Gasteiger partial charge in [0.15, 0.2) is 5.82 Å². The Balaban J connectivity index is 1.17. The van der Waals surface area contributed by atoms with E-state index in [1.165, 1.54) is 16.3 Å². The highest BCUT2D eigenvalue weighted by Crippen LogP contribution is 2.41. The van der Waals surface area contributed by atoms with Crippen LogP contribution in [0.25, 0.3) is 101 Å². The van der Waals surface area contributed by atoms with E-state index in [4.69, 9.17) is 14.4 Å². The minimum Gasteiger partial charge on any atom is -0.456 e. The molecule has 0 atom stereocenters. The van der Waals surface area contributed by atoms with Crippen LogP contribution in [0.2, 0.25) is 0 Å². The first-order chi connectivity index (χ1) is 28.7. The predicted molar refractivity (Wildman–Crippen MR) is 235 cm³/mol. The van der Waals surface area contributed by atoms with Crippen LogP contribution in [-0.2, 0) is 6.42 Å². The molecule has 0 fully saturated rings. The zero-order chi connectivity index (χ0) is 38.6. The van der Waals surface area contributed by atoms with Crippen LogP contribution in [0, 0.1) is 11.3 Å². The summed E-state index contributed by atoms with van der Waals surface area (Å²) in [6.07, 6.45) is 6.32. The number of nitriles is 1. The number of allylic oxidation sites excluding steroid dienone is 1. The highest BCUT2D eigenvalue weighted by atomic mass is 16.3.